The standard InChI is InChI=1S/C19H17NO/c21-18(19(10-11-19)15-6-2-1-3-7-15)17-8-4-5-14-13-20-12-9-16(14)17/h1-9,12-13,18,21H,10-11H2. The zero-order valence-corrected chi connectivity index (χ0v) is 11.7. The highest BCUT2D eigenvalue weighted by Gasteiger charge is 2.50. The van der Waals surface area contributed by atoms with Crippen molar-refractivity contribution in [1.82, 2.24) is 4.98 Å². The molecule has 0 spiro atoms. The topological polar surface area (TPSA) is 33.1 Å². The van der Waals surface area contributed by atoms with E-state index < -0.39 is 6.10 Å². The summed E-state index contributed by atoms with van der Waals surface area (Å²) >= 11 is 0. The first-order valence-electron chi connectivity index (χ1n) is 7.37. The molecule has 21 heavy (non-hydrogen) atoms. The number of aromatic nitrogens is 1. The van der Waals surface area contributed by atoms with Gasteiger partial charge in [0.15, 0.2) is 0 Å². The molecule has 1 unspecified atom stereocenters. The number of aliphatic hydroxyl groups excluding tert-OH is 1. The number of nitrogens with zero attached hydrogens (tertiary/aromatic N) is 1. The molecule has 2 aromatic carbocycles. The van der Waals surface area contributed by atoms with Crippen LogP contribution in [-0.4, -0.2) is 10.1 Å². The van der Waals surface area contributed by atoms with Crippen LogP contribution in [0.15, 0.2) is 67.0 Å². The molecule has 104 valence electrons. The molecule has 1 N–H and O–H groups in total. The molecular weight excluding hydrogens is 258 g/mol. The van der Waals surface area contributed by atoms with Crippen molar-refractivity contribution in [1.29, 1.82) is 0 Å². The average Bonchev–Trinajstić information content (AvgIpc) is 3.36. The van der Waals surface area contributed by atoms with Crippen LogP contribution < -0.4 is 0 Å². The molecule has 0 bridgehead atoms. The fourth-order valence-electron chi connectivity index (χ4n) is 3.31. The van der Waals surface area contributed by atoms with Gasteiger partial charge in [-0.15, -0.1) is 0 Å². The average molecular weight is 275 g/mol. The van der Waals surface area contributed by atoms with Gasteiger partial charge in [-0.2, -0.15) is 0 Å². The maximum atomic E-state index is 11.0. The summed E-state index contributed by atoms with van der Waals surface area (Å²) in [5.74, 6) is 0. The van der Waals surface area contributed by atoms with Crippen LogP contribution in [0.4, 0.5) is 0 Å². The predicted molar refractivity (Wildman–Crippen MR) is 84.1 cm³/mol. The van der Waals surface area contributed by atoms with Crippen molar-refractivity contribution < 1.29 is 5.11 Å². The molecule has 0 saturated heterocycles. The van der Waals surface area contributed by atoms with Gasteiger partial charge in [-0.1, -0.05) is 48.5 Å². The highest BCUT2D eigenvalue weighted by atomic mass is 16.3. The van der Waals surface area contributed by atoms with Gasteiger partial charge in [0, 0.05) is 23.2 Å². The van der Waals surface area contributed by atoms with Gasteiger partial charge >= 0.3 is 0 Å². The quantitative estimate of drug-likeness (QED) is 0.783. The van der Waals surface area contributed by atoms with Gasteiger partial charge < -0.3 is 5.11 Å². The van der Waals surface area contributed by atoms with Gasteiger partial charge in [0.2, 0.25) is 0 Å². The van der Waals surface area contributed by atoms with E-state index in [1.807, 2.05) is 36.5 Å². The Kier molecular flexibility index (Phi) is 2.79. The Morgan fingerprint density at radius 3 is 2.52 bits per heavy atom. The second kappa shape index (κ2) is 4.68. The Morgan fingerprint density at radius 1 is 0.952 bits per heavy atom. The highest BCUT2D eigenvalue weighted by molar-refractivity contribution is 5.85. The molecule has 0 radical (unpaired) electrons. The normalized spacial score (nSPS) is 17.6. The van der Waals surface area contributed by atoms with Gasteiger partial charge in [-0.05, 0) is 35.4 Å². The van der Waals surface area contributed by atoms with Gasteiger partial charge in [0.25, 0.3) is 0 Å². The first-order chi connectivity index (χ1) is 10.3. The van der Waals surface area contributed by atoms with Crippen molar-refractivity contribution >= 4 is 10.8 Å². The summed E-state index contributed by atoms with van der Waals surface area (Å²) in [5, 5.41) is 13.2. The summed E-state index contributed by atoms with van der Waals surface area (Å²) in [4.78, 5) is 4.17. The number of benzene rings is 2. The van der Waals surface area contributed by atoms with E-state index >= 15 is 0 Å². The Labute approximate surface area is 124 Å². The molecule has 2 nitrogen and oxygen atoms in total. The van der Waals surface area contributed by atoms with E-state index in [0.717, 1.165) is 29.2 Å². The smallest absolute Gasteiger partial charge is 0.0892 e. The third kappa shape index (κ3) is 1.95. The maximum absolute atomic E-state index is 11.0. The van der Waals surface area contributed by atoms with E-state index in [1.54, 1.807) is 6.20 Å². The molecule has 1 fully saturated rings. The van der Waals surface area contributed by atoms with Crippen molar-refractivity contribution in [2.24, 2.45) is 0 Å². The minimum Gasteiger partial charge on any atom is -0.387 e. The summed E-state index contributed by atoms with van der Waals surface area (Å²) in [5.41, 5.74) is 2.14. The van der Waals surface area contributed by atoms with Crippen LogP contribution in [0.3, 0.4) is 0 Å². The molecular formula is C19H17NO. The summed E-state index contributed by atoms with van der Waals surface area (Å²) in [7, 11) is 0. The molecule has 0 aliphatic heterocycles. The minimum absolute atomic E-state index is 0.112. The Morgan fingerprint density at radius 2 is 1.76 bits per heavy atom. The van der Waals surface area contributed by atoms with Crippen LogP contribution in [0.25, 0.3) is 10.8 Å². The monoisotopic (exact) mass is 275 g/mol. The lowest BCUT2D eigenvalue weighted by molar-refractivity contribution is 0.134. The summed E-state index contributed by atoms with van der Waals surface area (Å²) < 4.78 is 0. The number of fused-ring (bicyclic) bond motifs is 1. The zero-order chi connectivity index (χ0) is 14.3. The van der Waals surface area contributed by atoms with Crippen LogP contribution in [0.2, 0.25) is 0 Å². The molecule has 4 rings (SSSR count). The lowest BCUT2D eigenvalue weighted by Gasteiger charge is -2.24. The fourth-order valence-corrected chi connectivity index (χ4v) is 3.31. The van der Waals surface area contributed by atoms with Gasteiger partial charge in [-0.25, -0.2) is 0 Å². The molecule has 2 heteroatoms. The third-order valence-corrected chi connectivity index (χ3v) is 4.67. The number of pyridine rings is 1. The van der Waals surface area contributed by atoms with Crippen molar-refractivity contribution in [2.75, 3.05) is 0 Å². The van der Waals surface area contributed by atoms with Crippen LogP contribution in [-0.2, 0) is 5.41 Å². The number of hydrogen-bond acceptors (Lipinski definition) is 2. The molecule has 1 aliphatic carbocycles. The van der Waals surface area contributed by atoms with Gasteiger partial charge in [0.05, 0.1) is 6.10 Å². The molecule has 0 amide bonds. The SMILES string of the molecule is OC(c1cccc2cnccc12)C1(c2ccccc2)CC1. The largest absolute Gasteiger partial charge is 0.387 e. The second-order valence-corrected chi connectivity index (χ2v) is 5.87. The summed E-state index contributed by atoms with van der Waals surface area (Å²) in [6, 6.07) is 18.5. The van der Waals surface area contributed by atoms with Crippen LogP contribution >= 0.6 is 0 Å². The van der Waals surface area contributed by atoms with Crippen molar-refractivity contribution in [3.8, 4) is 0 Å². The molecule has 1 saturated carbocycles. The van der Waals surface area contributed by atoms with E-state index in [1.165, 1.54) is 5.56 Å². The molecule has 1 heterocycles. The summed E-state index contributed by atoms with van der Waals surface area (Å²) in [6.07, 6.45) is 5.26. The van der Waals surface area contributed by atoms with Crippen LogP contribution in [0.5, 0.6) is 0 Å². The van der Waals surface area contributed by atoms with E-state index in [0.29, 0.717) is 0 Å². The van der Waals surface area contributed by atoms with E-state index in [2.05, 4.69) is 29.2 Å². The molecule has 3 aromatic rings. The van der Waals surface area contributed by atoms with E-state index in [-0.39, 0.29) is 5.41 Å². The van der Waals surface area contributed by atoms with Crippen molar-refractivity contribution in [3.63, 3.8) is 0 Å². The van der Waals surface area contributed by atoms with Crippen LogP contribution in [0.1, 0.15) is 30.1 Å². The number of hydrogen-bond donors (Lipinski definition) is 1. The Hall–Kier alpha value is -2.19. The first kappa shape index (κ1) is 12.5. The molecule has 1 aromatic heterocycles. The highest BCUT2D eigenvalue weighted by Crippen LogP contribution is 2.57. The van der Waals surface area contributed by atoms with Crippen molar-refractivity contribution in [3.05, 3.63) is 78.1 Å². The third-order valence-electron chi connectivity index (χ3n) is 4.67. The van der Waals surface area contributed by atoms with Crippen molar-refractivity contribution in [2.45, 2.75) is 24.4 Å². The Balaban J connectivity index is 1.83. The van der Waals surface area contributed by atoms with E-state index in [4.69, 9.17) is 0 Å². The lowest BCUT2D eigenvalue weighted by atomic mass is 9.84. The predicted octanol–water partition coefficient (Wildman–Crippen LogP) is 4.00. The fraction of sp³-hybridized carbons (Fsp3) is 0.211. The Bertz CT molecular complexity index is 772. The molecule has 1 atom stereocenters. The summed E-state index contributed by atoms with van der Waals surface area (Å²) in [6.45, 7) is 0. The maximum Gasteiger partial charge on any atom is 0.0892 e. The number of rotatable bonds is 3. The first-order valence-corrected chi connectivity index (χ1v) is 7.37. The van der Waals surface area contributed by atoms with E-state index in [9.17, 15) is 5.11 Å². The van der Waals surface area contributed by atoms with Gasteiger partial charge in [0.1, 0.15) is 0 Å². The number of aliphatic hydroxyl groups is 1. The van der Waals surface area contributed by atoms with Crippen LogP contribution in [0, 0.1) is 0 Å². The zero-order valence-electron chi connectivity index (χ0n) is 11.7. The molecule has 1 aliphatic rings. The minimum atomic E-state index is -0.467. The second-order valence-electron chi connectivity index (χ2n) is 5.87. The lowest BCUT2D eigenvalue weighted by Crippen LogP contribution is -2.18. The van der Waals surface area contributed by atoms with Gasteiger partial charge in [-0.3, -0.25) is 4.98 Å².